The van der Waals surface area contributed by atoms with E-state index in [1.165, 1.54) is 11.3 Å². The second-order valence-corrected chi connectivity index (χ2v) is 6.18. The molecule has 0 fully saturated rings. The Morgan fingerprint density at radius 1 is 1.50 bits per heavy atom. The Labute approximate surface area is 108 Å². The number of hydrogen-bond donors (Lipinski definition) is 2. The minimum atomic E-state index is -0.788. The zero-order chi connectivity index (χ0) is 12.2. The smallest absolute Gasteiger partial charge is 0.261 e. The zero-order valence-corrected chi connectivity index (χ0v) is 11.8. The Morgan fingerprint density at radius 3 is 2.56 bits per heavy atom. The summed E-state index contributed by atoms with van der Waals surface area (Å²) in [6.07, 6.45) is 1.27. The van der Waals surface area contributed by atoms with Crippen molar-refractivity contribution in [3.63, 3.8) is 0 Å². The van der Waals surface area contributed by atoms with E-state index in [1.807, 2.05) is 19.9 Å². The van der Waals surface area contributed by atoms with Gasteiger partial charge in [-0.05, 0) is 40.9 Å². The Morgan fingerprint density at radius 2 is 2.12 bits per heavy atom. The number of carbonyl (C=O) groups excluding carboxylic acids is 1. The second-order valence-electron chi connectivity index (χ2n) is 3.72. The van der Waals surface area contributed by atoms with E-state index in [0.29, 0.717) is 24.3 Å². The summed E-state index contributed by atoms with van der Waals surface area (Å²) in [5.41, 5.74) is -0.788. The third-order valence-electron chi connectivity index (χ3n) is 2.69. The van der Waals surface area contributed by atoms with Crippen molar-refractivity contribution in [3.05, 3.63) is 20.8 Å². The van der Waals surface area contributed by atoms with Crippen molar-refractivity contribution < 1.29 is 9.90 Å². The van der Waals surface area contributed by atoms with Crippen molar-refractivity contribution in [1.29, 1.82) is 0 Å². The molecule has 5 heteroatoms. The van der Waals surface area contributed by atoms with Gasteiger partial charge in [0.2, 0.25) is 0 Å². The zero-order valence-electron chi connectivity index (χ0n) is 9.42. The average Bonchev–Trinajstić information content (AvgIpc) is 2.72. The van der Waals surface area contributed by atoms with Crippen LogP contribution in [0.25, 0.3) is 0 Å². The fourth-order valence-corrected chi connectivity index (χ4v) is 2.57. The highest BCUT2D eigenvalue weighted by molar-refractivity contribution is 9.11. The van der Waals surface area contributed by atoms with Gasteiger partial charge in [-0.25, -0.2) is 0 Å². The Balaban J connectivity index is 2.53. The first-order valence-corrected chi connectivity index (χ1v) is 6.87. The summed E-state index contributed by atoms with van der Waals surface area (Å²) in [5, 5.41) is 12.8. The number of carbonyl (C=O) groups is 1. The largest absolute Gasteiger partial charge is 0.388 e. The highest BCUT2D eigenvalue weighted by Crippen LogP contribution is 2.22. The molecule has 3 nitrogen and oxygen atoms in total. The van der Waals surface area contributed by atoms with E-state index in [2.05, 4.69) is 21.2 Å². The van der Waals surface area contributed by atoms with Crippen LogP contribution in [0.5, 0.6) is 0 Å². The van der Waals surface area contributed by atoms with E-state index in [4.69, 9.17) is 0 Å². The van der Waals surface area contributed by atoms with Crippen LogP contribution in [0.1, 0.15) is 36.4 Å². The van der Waals surface area contributed by atoms with Gasteiger partial charge in [-0.1, -0.05) is 13.8 Å². The number of amides is 1. The number of rotatable bonds is 5. The number of aliphatic hydroxyl groups is 1. The summed E-state index contributed by atoms with van der Waals surface area (Å²) in [6, 6.07) is 3.60. The van der Waals surface area contributed by atoms with Crippen LogP contribution < -0.4 is 5.32 Å². The first-order chi connectivity index (χ1) is 7.50. The quantitative estimate of drug-likeness (QED) is 0.879. The van der Waals surface area contributed by atoms with Crippen molar-refractivity contribution >= 4 is 33.2 Å². The Hall–Kier alpha value is -0.390. The third kappa shape index (κ3) is 3.57. The molecule has 0 aliphatic rings. The lowest BCUT2D eigenvalue weighted by molar-refractivity contribution is 0.0314. The molecule has 1 amide bonds. The molecule has 0 aromatic carbocycles. The van der Waals surface area contributed by atoms with Gasteiger partial charge in [0.1, 0.15) is 0 Å². The molecule has 0 saturated heterocycles. The van der Waals surface area contributed by atoms with Crippen molar-refractivity contribution in [2.24, 2.45) is 0 Å². The first-order valence-electron chi connectivity index (χ1n) is 5.26. The van der Waals surface area contributed by atoms with Gasteiger partial charge in [-0.3, -0.25) is 4.79 Å². The molecule has 0 aliphatic heterocycles. The fourth-order valence-electron chi connectivity index (χ4n) is 1.27. The SMILES string of the molecule is CCC(O)(CC)CNC(=O)c1ccc(Br)s1. The topological polar surface area (TPSA) is 49.3 Å². The van der Waals surface area contributed by atoms with Gasteiger partial charge >= 0.3 is 0 Å². The molecule has 1 aromatic rings. The lowest BCUT2D eigenvalue weighted by Crippen LogP contribution is -2.41. The molecular formula is C11H16BrNO2S. The van der Waals surface area contributed by atoms with Crippen molar-refractivity contribution in [2.45, 2.75) is 32.3 Å². The second kappa shape index (κ2) is 5.80. The maximum absolute atomic E-state index is 11.7. The molecule has 0 radical (unpaired) electrons. The molecule has 90 valence electrons. The number of thiophene rings is 1. The fraction of sp³-hybridized carbons (Fsp3) is 0.545. The molecule has 0 aliphatic carbocycles. The normalized spacial score (nSPS) is 11.5. The van der Waals surface area contributed by atoms with Gasteiger partial charge in [0.25, 0.3) is 5.91 Å². The number of nitrogens with one attached hydrogen (secondary N) is 1. The molecule has 0 unspecified atom stereocenters. The molecule has 0 spiro atoms. The van der Waals surface area contributed by atoms with E-state index in [1.54, 1.807) is 6.07 Å². The maximum Gasteiger partial charge on any atom is 0.261 e. The predicted octanol–water partition coefficient (Wildman–Crippen LogP) is 2.79. The molecule has 2 N–H and O–H groups in total. The molecule has 1 rings (SSSR count). The van der Waals surface area contributed by atoms with Crippen LogP contribution in [0.4, 0.5) is 0 Å². The maximum atomic E-state index is 11.7. The van der Waals surface area contributed by atoms with Gasteiger partial charge in [0.05, 0.1) is 14.3 Å². The number of halogens is 1. The summed E-state index contributed by atoms with van der Waals surface area (Å²) in [5.74, 6) is -0.129. The molecule has 1 aromatic heterocycles. The van der Waals surface area contributed by atoms with Gasteiger partial charge in [-0.2, -0.15) is 0 Å². The Kier molecular flexibility index (Phi) is 4.95. The van der Waals surface area contributed by atoms with Crippen LogP contribution in [0.2, 0.25) is 0 Å². The molecular weight excluding hydrogens is 290 g/mol. The van der Waals surface area contributed by atoms with Gasteiger partial charge < -0.3 is 10.4 Å². The predicted molar refractivity (Wildman–Crippen MR) is 69.9 cm³/mol. The van der Waals surface area contributed by atoms with Crippen LogP contribution in [-0.2, 0) is 0 Å². The molecule has 0 saturated carbocycles. The summed E-state index contributed by atoms with van der Waals surface area (Å²) >= 11 is 4.69. The summed E-state index contributed by atoms with van der Waals surface area (Å²) in [7, 11) is 0. The highest BCUT2D eigenvalue weighted by Gasteiger charge is 2.23. The minimum absolute atomic E-state index is 0.129. The summed E-state index contributed by atoms with van der Waals surface area (Å²) in [4.78, 5) is 12.4. The van der Waals surface area contributed by atoms with E-state index in [0.717, 1.165) is 3.79 Å². The van der Waals surface area contributed by atoms with Crippen LogP contribution >= 0.6 is 27.3 Å². The van der Waals surface area contributed by atoms with E-state index >= 15 is 0 Å². The number of hydrogen-bond acceptors (Lipinski definition) is 3. The standard InChI is InChI=1S/C11H16BrNO2S/c1-3-11(15,4-2)7-13-10(14)8-5-6-9(12)16-8/h5-6,15H,3-4,7H2,1-2H3,(H,13,14). The third-order valence-corrected chi connectivity index (χ3v) is 4.31. The van der Waals surface area contributed by atoms with Crippen LogP contribution in [0.3, 0.4) is 0 Å². The lowest BCUT2D eigenvalue weighted by Gasteiger charge is -2.25. The van der Waals surface area contributed by atoms with Crippen molar-refractivity contribution in [2.75, 3.05) is 6.54 Å². The van der Waals surface area contributed by atoms with Crippen LogP contribution in [0, 0.1) is 0 Å². The first kappa shape index (κ1) is 13.7. The van der Waals surface area contributed by atoms with E-state index in [-0.39, 0.29) is 5.91 Å². The average molecular weight is 306 g/mol. The highest BCUT2D eigenvalue weighted by atomic mass is 79.9. The minimum Gasteiger partial charge on any atom is -0.388 e. The molecule has 16 heavy (non-hydrogen) atoms. The molecule has 1 heterocycles. The molecule has 0 bridgehead atoms. The monoisotopic (exact) mass is 305 g/mol. The van der Waals surface area contributed by atoms with Crippen molar-refractivity contribution in [3.8, 4) is 0 Å². The lowest BCUT2D eigenvalue weighted by atomic mass is 9.98. The van der Waals surface area contributed by atoms with Gasteiger partial charge in [0, 0.05) is 6.54 Å². The van der Waals surface area contributed by atoms with Gasteiger partial charge in [0.15, 0.2) is 0 Å². The van der Waals surface area contributed by atoms with Crippen molar-refractivity contribution in [1.82, 2.24) is 5.32 Å². The van der Waals surface area contributed by atoms with E-state index < -0.39 is 5.60 Å². The summed E-state index contributed by atoms with van der Waals surface area (Å²) < 4.78 is 0.930. The van der Waals surface area contributed by atoms with E-state index in [9.17, 15) is 9.90 Å². The van der Waals surface area contributed by atoms with Gasteiger partial charge in [-0.15, -0.1) is 11.3 Å². The molecule has 0 atom stereocenters. The summed E-state index contributed by atoms with van der Waals surface area (Å²) in [6.45, 7) is 4.13. The van der Waals surface area contributed by atoms with Crippen LogP contribution in [-0.4, -0.2) is 23.2 Å². The van der Waals surface area contributed by atoms with Crippen LogP contribution in [0.15, 0.2) is 15.9 Å². The Bertz CT molecular complexity index is 361.